The Balaban J connectivity index is 1.76. The summed E-state index contributed by atoms with van der Waals surface area (Å²) in [6.45, 7) is 10.2. The van der Waals surface area contributed by atoms with Gasteiger partial charge in [0.2, 0.25) is 5.88 Å². The van der Waals surface area contributed by atoms with Crippen molar-refractivity contribution in [1.29, 1.82) is 0 Å². The Morgan fingerprint density at radius 2 is 2.21 bits per heavy atom. The first-order chi connectivity index (χ1) is 13.3. The van der Waals surface area contributed by atoms with Gasteiger partial charge < -0.3 is 14.0 Å². The van der Waals surface area contributed by atoms with Crippen molar-refractivity contribution in [3.63, 3.8) is 0 Å². The Bertz CT molecular complexity index is 815. The van der Waals surface area contributed by atoms with E-state index in [0.29, 0.717) is 24.1 Å². The second-order valence-electron chi connectivity index (χ2n) is 8.01. The van der Waals surface area contributed by atoms with Crippen LogP contribution in [0.15, 0.2) is 22.9 Å². The highest BCUT2D eigenvalue weighted by Gasteiger charge is 2.36. The number of hydrogen-bond donors (Lipinski definition) is 0. The molecule has 2 atom stereocenters. The van der Waals surface area contributed by atoms with Crippen LogP contribution in [0.4, 0.5) is 4.79 Å². The number of rotatable bonds is 5. The summed E-state index contributed by atoms with van der Waals surface area (Å²) in [4.78, 5) is 22.9. The molecule has 0 spiro atoms. The number of ether oxygens (including phenoxy) is 2. The van der Waals surface area contributed by atoms with E-state index in [-0.39, 0.29) is 18.2 Å². The SMILES string of the molecule is CC[C@@H](C)Oc1cc(-c2nc([C@@H]3CCCN3C(=O)OC(C)(C)C)no2)ccn1. The van der Waals surface area contributed by atoms with Crippen LogP contribution >= 0.6 is 0 Å². The van der Waals surface area contributed by atoms with Gasteiger partial charge in [-0.05, 0) is 53.0 Å². The fourth-order valence-electron chi connectivity index (χ4n) is 2.96. The number of nitrogens with zero attached hydrogens (tertiary/aromatic N) is 4. The van der Waals surface area contributed by atoms with E-state index in [1.807, 2.05) is 27.7 Å². The van der Waals surface area contributed by atoms with Gasteiger partial charge in [0.05, 0.1) is 12.1 Å². The number of amides is 1. The van der Waals surface area contributed by atoms with Gasteiger partial charge in [-0.25, -0.2) is 9.78 Å². The van der Waals surface area contributed by atoms with Crippen LogP contribution in [-0.4, -0.2) is 44.4 Å². The van der Waals surface area contributed by atoms with Gasteiger partial charge >= 0.3 is 6.09 Å². The van der Waals surface area contributed by atoms with Crippen LogP contribution in [-0.2, 0) is 4.74 Å². The third kappa shape index (κ3) is 4.79. The molecule has 1 saturated heterocycles. The summed E-state index contributed by atoms with van der Waals surface area (Å²) in [5.74, 6) is 1.38. The molecule has 3 rings (SSSR count). The molecule has 0 bridgehead atoms. The van der Waals surface area contributed by atoms with E-state index in [4.69, 9.17) is 14.0 Å². The minimum Gasteiger partial charge on any atom is -0.475 e. The highest BCUT2D eigenvalue weighted by Crippen LogP contribution is 2.33. The summed E-state index contributed by atoms with van der Waals surface area (Å²) in [6, 6.07) is 3.33. The standard InChI is InChI=1S/C20H28N4O4/c1-6-13(2)26-16-12-14(9-10-21-16)18-22-17(23-28-18)15-8-7-11-24(15)19(25)27-20(3,4)5/h9-10,12-13,15H,6-8,11H2,1-5H3/t13-,15+/m1/s1. The maximum atomic E-state index is 12.5. The van der Waals surface area contributed by atoms with Gasteiger partial charge in [-0.15, -0.1) is 0 Å². The van der Waals surface area contributed by atoms with Crippen LogP contribution < -0.4 is 4.74 Å². The lowest BCUT2D eigenvalue weighted by molar-refractivity contribution is 0.0217. The molecule has 2 aromatic rings. The normalized spacial score (nSPS) is 18.2. The molecule has 28 heavy (non-hydrogen) atoms. The number of aromatic nitrogens is 3. The van der Waals surface area contributed by atoms with Crippen LogP contribution in [0.25, 0.3) is 11.5 Å². The molecule has 0 N–H and O–H groups in total. The zero-order valence-corrected chi connectivity index (χ0v) is 17.1. The molecule has 3 heterocycles. The molecule has 0 aliphatic carbocycles. The van der Waals surface area contributed by atoms with Crippen LogP contribution in [0.5, 0.6) is 5.88 Å². The Labute approximate surface area is 165 Å². The first-order valence-corrected chi connectivity index (χ1v) is 9.73. The predicted octanol–water partition coefficient (Wildman–Crippen LogP) is 4.38. The number of carbonyl (C=O) groups is 1. The van der Waals surface area contributed by atoms with E-state index in [1.165, 1.54) is 0 Å². The monoisotopic (exact) mass is 388 g/mol. The lowest BCUT2D eigenvalue weighted by Gasteiger charge is -2.27. The van der Waals surface area contributed by atoms with E-state index >= 15 is 0 Å². The quantitative estimate of drug-likeness (QED) is 0.750. The van der Waals surface area contributed by atoms with Crippen LogP contribution in [0.3, 0.4) is 0 Å². The van der Waals surface area contributed by atoms with E-state index in [2.05, 4.69) is 22.0 Å². The Morgan fingerprint density at radius 3 is 2.93 bits per heavy atom. The average Bonchev–Trinajstić information content (AvgIpc) is 3.29. The summed E-state index contributed by atoms with van der Waals surface area (Å²) in [5.41, 5.74) is 0.185. The van der Waals surface area contributed by atoms with Gasteiger partial charge in [-0.2, -0.15) is 4.98 Å². The molecule has 8 heteroatoms. The fourth-order valence-corrected chi connectivity index (χ4v) is 2.96. The lowest BCUT2D eigenvalue weighted by atomic mass is 10.2. The molecule has 0 radical (unpaired) electrons. The van der Waals surface area contributed by atoms with Crippen molar-refractivity contribution in [3.05, 3.63) is 24.2 Å². The Morgan fingerprint density at radius 1 is 1.43 bits per heavy atom. The summed E-state index contributed by atoms with van der Waals surface area (Å²) in [7, 11) is 0. The zero-order valence-electron chi connectivity index (χ0n) is 17.1. The molecule has 2 aromatic heterocycles. The van der Waals surface area contributed by atoms with Crippen LogP contribution in [0.1, 0.15) is 65.7 Å². The van der Waals surface area contributed by atoms with Crippen molar-refractivity contribution < 1.29 is 18.8 Å². The lowest BCUT2D eigenvalue weighted by Crippen LogP contribution is -2.36. The number of hydrogen-bond acceptors (Lipinski definition) is 7. The molecule has 0 aromatic carbocycles. The first-order valence-electron chi connectivity index (χ1n) is 9.73. The number of pyridine rings is 1. The third-order valence-electron chi connectivity index (χ3n) is 4.50. The molecule has 0 saturated carbocycles. The second kappa shape index (κ2) is 8.16. The molecule has 152 valence electrons. The average molecular weight is 388 g/mol. The molecule has 1 amide bonds. The first kappa shape index (κ1) is 20.1. The van der Waals surface area contributed by atoms with Crippen molar-refractivity contribution in [2.75, 3.05) is 6.54 Å². The molecular weight excluding hydrogens is 360 g/mol. The van der Waals surface area contributed by atoms with E-state index in [0.717, 1.165) is 24.8 Å². The van der Waals surface area contributed by atoms with Gasteiger partial charge in [-0.1, -0.05) is 12.1 Å². The second-order valence-corrected chi connectivity index (χ2v) is 8.01. The van der Waals surface area contributed by atoms with E-state index in [9.17, 15) is 4.79 Å². The topological polar surface area (TPSA) is 90.6 Å². The van der Waals surface area contributed by atoms with Crippen molar-refractivity contribution in [1.82, 2.24) is 20.0 Å². The summed E-state index contributed by atoms with van der Waals surface area (Å²) in [6.07, 6.45) is 3.90. The minimum absolute atomic E-state index is 0.0712. The maximum absolute atomic E-state index is 12.5. The van der Waals surface area contributed by atoms with Gasteiger partial charge in [0.1, 0.15) is 5.60 Å². The summed E-state index contributed by atoms with van der Waals surface area (Å²) >= 11 is 0. The van der Waals surface area contributed by atoms with Crippen molar-refractivity contribution >= 4 is 6.09 Å². The molecule has 0 unspecified atom stereocenters. The van der Waals surface area contributed by atoms with Gasteiger partial charge in [-0.3, -0.25) is 4.90 Å². The van der Waals surface area contributed by atoms with E-state index < -0.39 is 5.60 Å². The Hall–Kier alpha value is -2.64. The summed E-state index contributed by atoms with van der Waals surface area (Å²) < 4.78 is 16.7. The summed E-state index contributed by atoms with van der Waals surface area (Å²) in [5, 5.41) is 4.11. The zero-order chi connectivity index (χ0) is 20.3. The van der Waals surface area contributed by atoms with E-state index in [1.54, 1.807) is 23.2 Å². The maximum Gasteiger partial charge on any atom is 0.410 e. The highest BCUT2D eigenvalue weighted by atomic mass is 16.6. The van der Waals surface area contributed by atoms with Crippen molar-refractivity contribution in [2.45, 2.75) is 71.6 Å². The molecule has 1 aliphatic rings. The number of carbonyl (C=O) groups excluding carboxylic acids is 1. The van der Waals surface area contributed by atoms with Crippen LogP contribution in [0.2, 0.25) is 0 Å². The van der Waals surface area contributed by atoms with Gasteiger partial charge in [0.25, 0.3) is 5.89 Å². The molecular formula is C20H28N4O4. The molecule has 1 aliphatic heterocycles. The number of likely N-dealkylation sites (tertiary alicyclic amines) is 1. The van der Waals surface area contributed by atoms with Gasteiger partial charge in [0.15, 0.2) is 5.82 Å². The van der Waals surface area contributed by atoms with Crippen molar-refractivity contribution in [2.24, 2.45) is 0 Å². The van der Waals surface area contributed by atoms with Crippen molar-refractivity contribution in [3.8, 4) is 17.3 Å². The smallest absolute Gasteiger partial charge is 0.410 e. The minimum atomic E-state index is -0.546. The van der Waals surface area contributed by atoms with Gasteiger partial charge in [0, 0.05) is 24.4 Å². The fraction of sp³-hybridized carbons (Fsp3) is 0.600. The molecule has 1 fully saturated rings. The molecule has 8 nitrogen and oxygen atoms in total. The third-order valence-corrected chi connectivity index (χ3v) is 4.50. The predicted molar refractivity (Wildman–Crippen MR) is 103 cm³/mol. The van der Waals surface area contributed by atoms with Crippen LogP contribution in [0, 0.1) is 0 Å². The largest absolute Gasteiger partial charge is 0.475 e. The highest BCUT2D eigenvalue weighted by molar-refractivity contribution is 5.69. The Kier molecular flexibility index (Phi) is 5.86.